The zero-order valence-corrected chi connectivity index (χ0v) is 15.2. The highest BCUT2D eigenvalue weighted by molar-refractivity contribution is 6.35. The number of pyridine rings is 1. The van der Waals surface area contributed by atoms with Crippen molar-refractivity contribution in [2.75, 3.05) is 7.05 Å². The van der Waals surface area contributed by atoms with Crippen molar-refractivity contribution in [1.29, 1.82) is 0 Å². The van der Waals surface area contributed by atoms with Crippen LogP contribution in [0.5, 0.6) is 0 Å². The number of carbonyl (C=O) groups is 1. The van der Waals surface area contributed by atoms with Gasteiger partial charge in [-0.2, -0.15) is 0 Å². The second-order valence-electron chi connectivity index (χ2n) is 5.86. The van der Waals surface area contributed by atoms with Gasteiger partial charge in [0.2, 0.25) is 0 Å². The number of aromatic amines is 1. The molecule has 0 saturated carbocycles. The summed E-state index contributed by atoms with van der Waals surface area (Å²) in [5, 5.41) is 2.30. The highest BCUT2D eigenvalue weighted by Crippen LogP contribution is 2.29. The lowest BCUT2D eigenvalue weighted by Gasteiger charge is -2.26. The van der Waals surface area contributed by atoms with E-state index in [0.717, 1.165) is 10.9 Å². The Morgan fingerprint density at radius 3 is 2.56 bits per heavy atom. The van der Waals surface area contributed by atoms with Crippen molar-refractivity contribution >= 4 is 39.9 Å². The first-order valence-corrected chi connectivity index (χ1v) is 8.48. The van der Waals surface area contributed by atoms with Crippen LogP contribution >= 0.6 is 23.2 Å². The smallest absolute Gasteiger partial charge is 0.270 e. The highest BCUT2D eigenvalue weighted by Gasteiger charge is 2.22. The third-order valence-electron chi connectivity index (χ3n) is 4.30. The fourth-order valence-electron chi connectivity index (χ4n) is 2.74. The number of aromatic nitrogens is 1. The zero-order valence-electron chi connectivity index (χ0n) is 13.7. The molecule has 1 heterocycles. The lowest BCUT2D eigenvalue weighted by Crippen LogP contribution is -2.31. The molecule has 2 aromatic carbocycles. The number of hydrogen-bond acceptors (Lipinski definition) is 2. The van der Waals surface area contributed by atoms with Crippen LogP contribution in [0.1, 0.15) is 29.0 Å². The summed E-state index contributed by atoms with van der Waals surface area (Å²) >= 11 is 12.2. The lowest BCUT2D eigenvalue weighted by molar-refractivity contribution is 0.0736. The normalized spacial score (nSPS) is 12.2. The molecule has 0 spiro atoms. The Labute approximate surface area is 155 Å². The van der Waals surface area contributed by atoms with Crippen molar-refractivity contribution in [2.45, 2.75) is 13.0 Å². The van der Waals surface area contributed by atoms with Crippen molar-refractivity contribution in [3.05, 3.63) is 80.2 Å². The van der Waals surface area contributed by atoms with Crippen LogP contribution in [0.15, 0.2) is 53.3 Å². The fraction of sp³-hybridized carbons (Fsp3) is 0.158. The van der Waals surface area contributed by atoms with Crippen LogP contribution in [0.3, 0.4) is 0 Å². The molecule has 4 nitrogen and oxygen atoms in total. The summed E-state index contributed by atoms with van der Waals surface area (Å²) in [5.41, 5.74) is 0.736. The van der Waals surface area contributed by atoms with E-state index in [-0.39, 0.29) is 23.2 Å². The van der Waals surface area contributed by atoms with Gasteiger partial charge >= 0.3 is 0 Å². The van der Waals surface area contributed by atoms with Gasteiger partial charge < -0.3 is 9.88 Å². The Balaban J connectivity index is 1.96. The number of benzene rings is 2. The summed E-state index contributed by atoms with van der Waals surface area (Å²) in [6.07, 6.45) is 0. The third kappa shape index (κ3) is 3.41. The Morgan fingerprint density at radius 2 is 1.84 bits per heavy atom. The van der Waals surface area contributed by atoms with Crippen LogP contribution in [0.2, 0.25) is 10.0 Å². The zero-order chi connectivity index (χ0) is 18.1. The van der Waals surface area contributed by atoms with Crippen LogP contribution in [-0.2, 0) is 0 Å². The predicted octanol–water partition coefficient (Wildman–Crippen LogP) is 4.67. The first kappa shape index (κ1) is 17.5. The lowest BCUT2D eigenvalue weighted by atomic mass is 10.1. The summed E-state index contributed by atoms with van der Waals surface area (Å²) < 4.78 is 0. The summed E-state index contributed by atoms with van der Waals surface area (Å²) in [7, 11) is 1.67. The molecule has 3 aromatic rings. The molecule has 0 aliphatic carbocycles. The van der Waals surface area contributed by atoms with Crippen molar-refractivity contribution in [2.24, 2.45) is 0 Å². The van der Waals surface area contributed by atoms with Gasteiger partial charge in [-0.25, -0.2) is 0 Å². The van der Waals surface area contributed by atoms with Crippen LogP contribution in [0.4, 0.5) is 0 Å². The topological polar surface area (TPSA) is 53.2 Å². The van der Waals surface area contributed by atoms with Crippen LogP contribution in [0, 0.1) is 0 Å². The van der Waals surface area contributed by atoms with E-state index < -0.39 is 0 Å². The maximum atomic E-state index is 12.8. The first-order chi connectivity index (χ1) is 11.9. The standard InChI is InChI=1S/C19H16Cl2N2O2/c1-11(14-8-7-13(20)10-16(14)21)23(2)19(25)17-9-12-5-3-4-6-15(12)18(24)22-17/h3-11H,1-2H3,(H,22,24)/t11-/m1/s1. The molecule has 128 valence electrons. The molecule has 0 aliphatic rings. The molecule has 3 rings (SSSR count). The van der Waals surface area contributed by atoms with Gasteiger partial charge in [-0.3, -0.25) is 9.59 Å². The molecule has 0 aliphatic heterocycles. The average molecular weight is 375 g/mol. The molecule has 1 aromatic heterocycles. The second-order valence-corrected chi connectivity index (χ2v) is 6.70. The number of rotatable bonds is 3. The number of nitrogens with zero attached hydrogens (tertiary/aromatic N) is 1. The number of carbonyl (C=O) groups excluding carboxylic acids is 1. The largest absolute Gasteiger partial charge is 0.334 e. The monoisotopic (exact) mass is 374 g/mol. The number of nitrogens with one attached hydrogen (secondary N) is 1. The van der Waals surface area contributed by atoms with Gasteiger partial charge in [-0.05, 0) is 42.1 Å². The van der Waals surface area contributed by atoms with Gasteiger partial charge in [-0.15, -0.1) is 0 Å². The minimum absolute atomic E-state index is 0.239. The van der Waals surface area contributed by atoms with Crippen LogP contribution in [0.25, 0.3) is 10.8 Å². The van der Waals surface area contributed by atoms with Gasteiger partial charge in [0.1, 0.15) is 5.69 Å². The minimum Gasteiger partial charge on any atom is -0.334 e. The van der Waals surface area contributed by atoms with Crippen molar-refractivity contribution in [3.63, 3.8) is 0 Å². The first-order valence-electron chi connectivity index (χ1n) is 7.72. The van der Waals surface area contributed by atoms with E-state index in [1.807, 2.05) is 13.0 Å². The quantitative estimate of drug-likeness (QED) is 0.724. The summed E-state index contributed by atoms with van der Waals surface area (Å²) in [4.78, 5) is 29.2. The molecule has 0 saturated heterocycles. The molecule has 0 fully saturated rings. The maximum absolute atomic E-state index is 12.8. The van der Waals surface area contributed by atoms with Gasteiger partial charge in [0.25, 0.3) is 11.5 Å². The van der Waals surface area contributed by atoms with Gasteiger partial charge in [-0.1, -0.05) is 47.5 Å². The Morgan fingerprint density at radius 1 is 1.12 bits per heavy atom. The Hall–Kier alpha value is -2.30. The number of amides is 1. The van der Waals surface area contributed by atoms with Gasteiger partial charge in [0, 0.05) is 22.5 Å². The summed E-state index contributed by atoms with van der Waals surface area (Å²) in [6.45, 7) is 1.87. The number of halogens is 2. The molecule has 0 bridgehead atoms. The SMILES string of the molecule is C[C@H](c1ccc(Cl)cc1Cl)N(C)C(=O)c1cc2ccccc2c(=O)[nH]1. The molecular formula is C19H16Cl2N2O2. The Bertz CT molecular complexity index is 1010. The van der Waals surface area contributed by atoms with E-state index in [2.05, 4.69) is 4.98 Å². The second kappa shape index (κ2) is 6.90. The average Bonchev–Trinajstić information content (AvgIpc) is 2.60. The van der Waals surface area contributed by atoms with E-state index >= 15 is 0 Å². The Kier molecular flexibility index (Phi) is 4.84. The van der Waals surface area contributed by atoms with E-state index in [1.165, 1.54) is 4.90 Å². The summed E-state index contributed by atoms with van der Waals surface area (Å²) in [5.74, 6) is -0.290. The molecule has 1 atom stereocenters. The van der Waals surface area contributed by atoms with E-state index in [9.17, 15) is 9.59 Å². The van der Waals surface area contributed by atoms with Crippen molar-refractivity contribution < 1.29 is 4.79 Å². The molecule has 25 heavy (non-hydrogen) atoms. The molecule has 0 unspecified atom stereocenters. The number of H-pyrrole nitrogens is 1. The molecular weight excluding hydrogens is 359 g/mol. The maximum Gasteiger partial charge on any atom is 0.270 e. The number of hydrogen-bond donors (Lipinski definition) is 1. The minimum atomic E-state index is -0.290. The van der Waals surface area contributed by atoms with Crippen LogP contribution in [-0.4, -0.2) is 22.8 Å². The van der Waals surface area contributed by atoms with Crippen LogP contribution < -0.4 is 5.56 Å². The third-order valence-corrected chi connectivity index (χ3v) is 4.86. The fourth-order valence-corrected chi connectivity index (χ4v) is 3.31. The highest BCUT2D eigenvalue weighted by atomic mass is 35.5. The van der Waals surface area contributed by atoms with Crippen molar-refractivity contribution in [1.82, 2.24) is 9.88 Å². The van der Waals surface area contributed by atoms with Gasteiger partial charge in [0.15, 0.2) is 0 Å². The van der Waals surface area contributed by atoms with E-state index in [1.54, 1.807) is 49.5 Å². The van der Waals surface area contributed by atoms with Crippen molar-refractivity contribution in [3.8, 4) is 0 Å². The molecule has 0 radical (unpaired) electrons. The van der Waals surface area contributed by atoms with E-state index in [0.29, 0.717) is 15.4 Å². The number of fused-ring (bicyclic) bond motifs is 1. The molecule has 1 amide bonds. The molecule has 6 heteroatoms. The van der Waals surface area contributed by atoms with E-state index in [4.69, 9.17) is 23.2 Å². The predicted molar refractivity (Wildman–Crippen MR) is 102 cm³/mol. The molecule has 1 N–H and O–H groups in total. The summed E-state index contributed by atoms with van der Waals surface area (Å²) in [6, 6.07) is 13.7. The van der Waals surface area contributed by atoms with Gasteiger partial charge in [0.05, 0.1) is 6.04 Å².